The average Bonchev–Trinajstić information content (AvgIpc) is 3.13. The van der Waals surface area contributed by atoms with Gasteiger partial charge < -0.3 is 5.32 Å². The lowest BCUT2D eigenvalue weighted by molar-refractivity contribution is -0.116. The summed E-state index contributed by atoms with van der Waals surface area (Å²) in [7, 11) is 0. The Balaban J connectivity index is 1.54. The van der Waals surface area contributed by atoms with E-state index in [-0.39, 0.29) is 5.91 Å². The van der Waals surface area contributed by atoms with E-state index in [0.29, 0.717) is 13.0 Å². The summed E-state index contributed by atoms with van der Waals surface area (Å²) >= 11 is 1.64. The molecule has 6 nitrogen and oxygen atoms in total. The molecule has 0 saturated carbocycles. The van der Waals surface area contributed by atoms with E-state index in [1.807, 2.05) is 0 Å². The molecule has 0 fully saturated rings. The summed E-state index contributed by atoms with van der Waals surface area (Å²) in [5, 5.41) is 7.64. The highest BCUT2D eigenvalue weighted by molar-refractivity contribution is 7.15. The van der Waals surface area contributed by atoms with Crippen molar-refractivity contribution in [2.45, 2.75) is 52.0 Å². The number of carbonyl (C=O) groups is 1. The van der Waals surface area contributed by atoms with E-state index >= 15 is 0 Å². The van der Waals surface area contributed by atoms with E-state index in [1.54, 1.807) is 22.3 Å². The van der Waals surface area contributed by atoms with Gasteiger partial charge in [0.15, 0.2) is 5.13 Å². The monoisotopic (exact) mass is 319 g/mol. The van der Waals surface area contributed by atoms with Gasteiger partial charge in [0, 0.05) is 11.3 Å². The van der Waals surface area contributed by atoms with Crippen molar-refractivity contribution in [2.24, 2.45) is 5.92 Å². The maximum atomic E-state index is 12.0. The van der Waals surface area contributed by atoms with Crippen molar-refractivity contribution in [3.63, 3.8) is 0 Å². The van der Waals surface area contributed by atoms with Gasteiger partial charge in [-0.2, -0.15) is 5.10 Å². The molecule has 0 spiro atoms. The topological polar surface area (TPSA) is 72.7 Å². The molecular weight excluding hydrogens is 298 g/mol. The third kappa shape index (κ3) is 3.71. The molecule has 118 valence electrons. The Hall–Kier alpha value is -1.76. The smallest absolute Gasteiger partial charge is 0.228 e. The minimum atomic E-state index is -0.0216. The number of fused-ring (bicyclic) bond motifs is 1. The predicted molar refractivity (Wildman–Crippen MR) is 85.8 cm³/mol. The molecule has 0 saturated heterocycles. The van der Waals surface area contributed by atoms with E-state index < -0.39 is 0 Å². The van der Waals surface area contributed by atoms with Crippen LogP contribution in [-0.2, 0) is 24.2 Å². The van der Waals surface area contributed by atoms with Crippen LogP contribution in [0.4, 0.5) is 5.13 Å². The molecular formula is C15H21N5OS. The summed E-state index contributed by atoms with van der Waals surface area (Å²) < 4.78 is 1.65. The number of anilines is 1. The van der Waals surface area contributed by atoms with Gasteiger partial charge in [0.1, 0.15) is 12.7 Å². The molecule has 1 amide bonds. The first-order valence-electron chi connectivity index (χ1n) is 7.85. The SMILES string of the molecule is CCCC1CCc2nc(NC(=O)CCn3cncn3)sc2C1. The number of amides is 1. The Kier molecular flexibility index (Phi) is 4.82. The fourth-order valence-corrected chi connectivity index (χ4v) is 4.04. The molecule has 1 aliphatic carbocycles. The van der Waals surface area contributed by atoms with Crippen molar-refractivity contribution in [3.05, 3.63) is 23.2 Å². The molecule has 1 N–H and O–H groups in total. The zero-order valence-electron chi connectivity index (χ0n) is 12.8. The van der Waals surface area contributed by atoms with Crippen LogP contribution in [0.15, 0.2) is 12.7 Å². The highest BCUT2D eigenvalue weighted by atomic mass is 32.1. The molecule has 1 aliphatic rings. The molecule has 1 unspecified atom stereocenters. The molecule has 22 heavy (non-hydrogen) atoms. The van der Waals surface area contributed by atoms with Crippen LogP contribution < -0.4 is 5.32 Å². The normalized spacial score (nSPS) is 17.2. The maximum absolute atomic E-state index is 12.0. The van der Waals surface area contributed by atoms with Crippen molar-refractivity contribution in [1.82, 2.24) is 19.7 Å². The number of nitrogens with one attached hydrogen (secondary N) is 1. The molecule has 2 aromatic heterocycles. The van der Waals surface area contributed by atoms with Crippen LogP contribution in [0.2, 0.25) is 0 Å². The van der Waals surface area contributed by atoms with Gasteiger partial charge in [-0.25, -0.2) is 9.97 Å². The third-order valence-corrected chi connectivity index (χ3v) is 5.05. The van der Waals surface area contributed by atoms with Crippen molar-refractivity contribution in [3.8, 4) is 0 Å². The largest absolute Gasteiger partial charge is 0.302 e. The lowest BCUT2D eigenvalue weighted by Crippen LogP contribution is -2.14. The maximum Gasteiger partial charge on any atom is 0.228 e. The number of nitrogens with zero attached hydrogens (tertiary/aromatic N) is 4. The second-order valence-electron chi connectivity index (χ2n) is 5.74. The molecule has 0 aliphatic heterocycles. The minimum absolute atomic E-state index is 0.0216. The Bertz CT molecular complexity index is 622. The Morgan fingerprint density at radius 1 is 1.55 bits per heavy atom. The van der Waals surface area contributed by atoms with Gasteiger partial charge >= 0.3 is 0 Å². The van der Waals surface area contributed by atoms with Gasteiger partial charge in [-0.15, -0.1) is 11.3 Å². The molecule has 2 heterocycles. The molecule has 0 radical (unpaired) electrons. The molecule has 7 heteroatoms. The van der Waals surface area contributed by atoms with Gasteiger partial charge in [0.25, 0.3) is 0 Å². The van der Waals surface area contributed by atoms with Gasteiger partial charge in [-0.05, 0) is 25.2 Å². The van der Waals surface area contributed by atoms with Crippen LogP contribution in [0.3, 0.4) is 0 Å². The summed E-state index contributed by atoms with van der Waals surface area (Å²) in [4.78, 5) is 21.8. The number of rotatable bonds is 6. The predicted octanol–water partition coefficient (Wildman–Crippen LogP) is 2.67. The van der Waals surface area contributed by atoms with Crippen LogP contribution in [0.1, 0.15) is 43.2 Å². The van der Waals surface area contributed by atoms with Crippen LogP contribution >= 0.6 is 11.3 Å². The Labute approximate surface area is 134 Å². The van der Waals surface area contributed by atoms with E-state index in [4.69, 9.17) is 0 Å². The van der Waals surface area contributed by atoms with E-state index in [9.17, 15) is 4.79 Å². The quantitative estimate of drug-likeness (QED) is 0.888. The zero-order valence-corrected chi connectivity index (χ0v) is 13.6. The zero-order chi connectivity index (χ0) is 15.4. The van der Waals surface area contributed by atoms with Crippen LogP contribution in [-0.4, -0.2) is 25.7 Å². The number of carbonyl (C=O) groups excluding carboxylic acids is 1. The first-order chi connectivity index (χ1) is 10.7. The Morgan fingerprint density at radius 2 is 2.45 bits per heavy atom. The van der Waals surface area contributed by atoms with Gasteiger partial charge in [0.05, 0.1) is 12.2 Å². The molecule has 0 aromatic carbocycles. The van der Waals surface area contributed by atoms with Crippen LogP contribution in [0.25, 0.3) is 0 Å². The molecule has 1 atom stereocenters. The summed E-state index contributed by atoms with van der Waals surface area (Å²) in [5.74, 6) is 0.764. The summed E-state index contributed by atoms with van der Waals surface area (Å²) in [6.07, 6.45) is 9.39. The fraction of sp³-hybridized carbons (Fsp3) is 0.600. The second kappa shape index (κ2) is 7.00. The highest BCUT2D eigenvalue weighted by Crippen LogP contribution is 2.34. The van der Waals surface area contributed by atoms with Crippen LogP contribution in [0.5, 0.6) is 0 Å². The first-order valence-corrected chi connectivity index (χ1v) is 8.67. The second-order valence-corrected chi connectivity index (χ2v) is 6.83. The molecule has 0 bridgehead atoms. The minimum Gasteiger partial charge on any atom is -0.302 e. The van der Waals surface area contributed by atoms with E-state index in [1.165, 1.54) is 36.2 Å². The summed E-state index contributed by atoms with van der Waals surface area (Å²) in [6.45, 7) is 2.78. The number of aromatic nitrogens is 4. The summed E-state index contributed by atoms with van der Waals surface area (Å²) in [5.41, 5.74) is 1.18. The number of thiazole rings is 1. The molecule has 2 aromatic rings. The molecule has 3 rings (SSSR count). The summed E-state index contributed by atoms with van der Waals surface area (Å²) in [6, 6.07) is 0. The number of aryl methyl sites for hydroxylation is 2. The third-order valence-electron chi connectivity index (χ3n) is 4.02. The van der Waals surface area contributed by atoms with E-state index in [0.717, 1.165) is 23.9 Å². The Morgan fingerprint density at radius 3 is 3.23 bits per heavy atom. The van der Waals surface area contributed by atoms with Crippen molar-refractivity contribution >= 4 is 22.4 Å². The number of hydrogen-bond donors (Lipinski definition) is 1. The average molecular weight is 319 g/mol. The standard InChI is InChI=1S/C15H21N5OS/c1-2-3-11-4-5-12-13(8-11)22-15(18-12)19-14(21)6-7-20-10-16-9-17-20/h9-11H,2-8H2,1H3,(H,18,19,21). The number of hydrogen-bond acceptors (Lipinski definition) is 5. The van der Waals surface area contributed by atoms with Gasteiger partial charge in [0.2, 0.25) is 5.91 Å². The van der Waals surface area contributed by atoms with Crippen molar-refractivity contribution < 1.29 is 4.79 Å². The van der Waals surface area contributed by atoms with Crippen LogP contribution in [0, 0.1) is 5.92 Å². The van der Waals surface area contributed by atoms with Gasteiger partial charge in [-0.3, -0.25) is 9.48 Å². The highest BCUT2D eigenvalue weighted by Gasteiger charge is 2.22. The van der Waals surface area contributed by atoms with Crippen molar-refractivity contribution in [1.29, 1.82) is 0 Å². The lowest BCUT2D eigenvalue weighted by Gasteiger charge is -2.19. The van der Waals surface area contributed by atoms with Gasteiger partial charge in [-0.1, -0.05) is 19.8 Å². The first kappa shape index (κ1) is 15.1. The fourth-order valence-electron chi connectivity index (χ4n) is 2.90. The lowest BCUT2D eigenvalue weighted by atomic mass is 9.88. The van der Waals surface area contributed by atoms with E-state index in [2.05, 4.69) is 27.3 Å². The van der Waals surface area contributed by atoms with Crippen molar-refractivity contribution in [2.75, 3.05) is 5.32 Å².